The Kier molecular flexibility index (Phi) is 5.62. The molecule has 1 saturated heterocycles. The highest BCUT2D eigenvalue weighted by molar-refractivity contribution is 6.05. The molecule has 0 radical (unpaired) electrons. The molecule has 1 fully saturated rings. The number of fused-ring (bicyclic) bond motifs is 1. The van der Waals surface area contributed by atoms with Crippen LogP contribution in [0.4, 0.5) is 11.5 Å². The molecule has 2 N–H and O–H groups in total. The van der Waals surface area contributed by atoms with Crippen LogP contribution in [0.25, 0.3) is 33.7 Å². The number of hydrogen-bond donors (Lipinski definition) is 2. The number of hydrogen-bond acceptors (Lipinski definition) is 8. The van der Waals surface area contributed by atoms with Gasteiger partial charge in [0.1, 0.15) is 5.52 Å². The first-order valence-electron chi connectivity index (χ1n) is 11.6. The average molecular weight is 482 g/mol. The summed E-state index contributed by atoms with van der Waals surface area (Å²) in [5, 5.41) is 10.6. The Labute approximate surface area is 206 Å². The number of carbonyl (C=O) groups is 1. The Bertz CT molecular complexity index is 1540. The van der Waals surface area contributed by atoms with Gasteiger partial charge in [-0.2, -0.15) is 0 Å². The molecule has 0 spiro atoms. The lowest BCUT2D eigenvalue weighted by molar-refractivity contribution is 0.102. The summed E-state index contributed by atoms with van der Waals surface area (Å²) in [6, 6.07) is 14.9. The van der Waals surface area contributed by atoms with E-state index in [1.807, 2.05) is 37.3 Å². The standard InChI is InChI=1S/C26H23N7O3/c1-16-5-6-19(30-25(34)17-3-2-4-18(11-17)26-32-29-15-36-26)12-20(16)21-13-22-23(28-14-27-22)24(31-21)33-7-9-35-10-8-33/h2-6,11-15H,7-10H2,1H3,(H,27,28)(H,30,34). The van der Waals surface area contributed by atoms with Crippen molar-refractivity contribution >= 4 is 28.4 Å². The molecule has 36 heavy (non-hydrogen) atoms. The number of rotatable bonds is 5. The second-order valence-electron chi connectivity index (χ2n) is 8.54. The molecule has 6 rings (SSSR count). The number of carbonyl (C=O) groups excluding carboxylic acids is 1. The zero-order chi connectivity index (χ0) is 24.5. The van der Waals surface area contributed by atoms with Crippen molar-refractivity contribution in [2.24, 2.45) is 0 Å². The fraction of sp³-hybridized carbons (Fsp3) is 0.192. The first-order valence-corrected chi connectivity index (χ1v) is 11.6. The van der Waals surface area contributed by atoms with Crippen LogP contribution in [0.2, 0.25) is 0 Å². The van der Waals surface area contributed by atoms with E-state index in [0.29, 0.717) is 35.9 Å². The highest BCUT2D eigenvalue weighted by Crippen LogP contribution is 2.32. The zero-order valence-electron chi connectivity index (χ0n) is 19.6. The van der Waals surface area contributed by atoms with E-state index in [0.717, 1.165) is 46.8 Å². The highest BCUT2D eigenvalue weighted by atomic mass is 16.5. The molecule has 0 aliphatic carbocycles. The average Bonchev–Trinajstić information content (AvgIpc) is 3.62. The number of imidazole rings is 1. The monoisotopic (exact) mass is 481 g/mol. The van der Waals surface area contributed by atoms with Gasteiger partial charge in [0.05, 0.1) is 30.8 Å². The lowest BCUT2D eigenvalue weighted by atomic mass is 10.0. The molecule has 0 atom stereocenters. The van der Waals surface area contributed by atoms with E-state index in [1.165, 1.54) is 6.39 Å². The number of pyridine rings is 1. The first-order chi connectivity index (χ1) is 17.7. The van der Waals surface area contributed by atoms with Crippen molar-refractivity contribution in [2.75, 3.05) is 36.5 Å². The van der Waals surface area contributed by atoms with Gasteiger partial charge in [0, 0.05) is 35.5 Å². The molecule has 1 aliphatic rings. The van der Waals surface area contributed by atoms with Gasteiger partial charge in [0.25, 0.3) is 5.91 Å². The Morgan fingerprint density at radius 1 is 1.11 bits per heavy atom. The molecule has 10 heteroatoms. The van der Waals surface area contributed by atoms with E-state index in [2.05, 4.69) is 30.4 Å². The van der Waals surface area contributed by atoms with Gasteiger partial charge in [-0.05, 0) is 48.9 Å². The molecule has 180 valence electrons. The number of ether oxygens (including phenoxy) is 1. The number of amides is 1. The van der Waals surface area contributed by atoms with E-state index >= 15 is 0 Å². The van der Waals surface area contributed by atoms with E-state index in [1.54, 1.807) is 24.5 Å². The Morgan fingerprint density at radius 3 is 2.83 bits per heavy atom. The van der Waals surface area contributed by atoms with Crippen LogP contribution in [-0.2, 0) is 4.74 Å². The fourth-order valence-electron chi connectivity index (χ4n) is 4.33. The summed E-state index contributed by atoms with van der Waals surface area (Å²) in [5.41, 5.74) is 6.36. The number of benzene rings is 2. The third-order valence-electron chi connectivity index (χ3n) is 6.20. The third kappa shape index (κ3) is 4.18. The minimum Gasteiger partial charge on any atom is -0.423 e. The van der Waals surface area contributed by atoms with Crippen LogP contribution in [-0.4, -0.2) is 57.4 Å². The maximum absolute atomic E-state index is 13.0. The first kappa shape index (κ1) is 21.9. The van der Waals surface area contributed by atoms with Crippen molar-refractivity contribution < 1.29 is 13.9 Å². The van der Waals surface area contributed by atoms with E-state index in [9.17, 15) is 4.79 Å². The van der Waals surface area contributed by atoms with Gasteiger partial charge in [-0.25, -0.2) is 9.97 Å². The molecule has 1 aliphatic heterocycles. The minimum atomic E-state index is -0.239. The van der Waals surface area contributed by atoms with Gasteiger partial charge >= 0.3 is 0 Å². The summed E-state index contributed by atoms with van der Waals surface area (Å²) in [7, 11) is 0. The van der Waals surface area contributed by atoms with Crippen molar-refractivity contribution in [3.63, 3.8) is 0 Å². The summed E-state index contributed by atoms with van der Waals surface area (Å²) in [4.78, 5) is 28.0. The van der Waals surface area contributed by atoms with Crippen LogP contribution < -0.4 is 10.2 Å². The van der Waals surface area contributed by atoms with Crippen LogP contribution in [0.5, 0.6) is 0 Å². The van der Waals surface area contributed by atoms with Gasteiger partial charge < -0.3 is 24.4 Å². The van der Waals surface area contributed by atoms with Crippen LogP contribution in [0.1, 0.15) is 15.9 Å². The molecule has 3 aromatic heterocycles. The van der Waals surface area contributed by atoms with Crippen molar-refractivity contribution in [1.29, 1.82) is 0 Å². The Morgan fingerprint density at radius 2 is 2.00 bits per heavy atom. The minimum absolute atomic E-state index is 0.239. The van der Waals surface area contributed by atoms with Crippen molar-refractivity contribution in [2.45, 2.75) is 6.92 Å². The number of H-pyrrole nitrogens is 1. The second kappa shape index (κ2) is 9.23. The molecule has 10 nitrogen and oxygen atoms in total. The summed E-state index contributed by atoms with van der Waals surface area (Å²) in [5.74, 6) is 0.953. The van der Waals surface area contributed by atoms with E-state index < -0.39 is 0 Å². The topological polar surface area (TPSA) is 122 Å². The van der Waals surface area contributed by atoms with Crippen LogP contribution >= 0.6 is 0 Å². The maximum Gasteiger partial charge on any atom is 0.255 e. The van der Waals surface area contributed by atoms with Crippen molar-refractivity contribution in [3.05, 3.63) is 72.4 Å². The number of anilines is 2. The van der Waals surface area contributed by atoms with Gasteiger partial charge in [-0.15, -0.1) is 10.2 Å². The summed E-state index contributed by atoms with van der Waals surface area (Å²) >= 11 is 0. The number of nitrogens with zero attached hydrogens (tertiary/aromatic N) is 5. The summed E-state index contributed by atoms with van der Waals surface area (Å²) in [6.45, 7) is 4.87. The molecule has 4 heterocycles. The number of nitrogens with one attached hydrogen (secondary N) is 2. The molecule has 1 amide bonds. The largest absolute Gasteiger partial charge is 0.423 e. The zero-order valence-corrected chi connectivity index (χ0v) is 19.6. The number of aromatic nitrogens is 5. The lowest BCUT2D eigenvalue weighted by Gasteiger charge is -2.28. The lowest BCUT2D eigenvalue weighted by Crippen LogP contribution is -2.37. The van der Waals surface area contributed by atoms with Crippen molar-refractivity contribution in [3.8, 4) is 22.7 Å². The van der Waals surface area contributed by atoms with Crippen LogP contribution in [0.3, 0.4) is 0 Å². The predicted molar refractivity (Wildman–Crippen MR) is 135 cm³/mol. The van der Waals surface area contributed by atoms with Gasteiger partial charge in [-0.3, -0.25) is 4.79 Å². The molecule has 2 aromatic carbocycles. The van der Waals surface area contributed by atoms with Gasteiger partial charge in [0.2, 0.25) is 12.3 Å². The van der Waals surface area contributed by atoms with Gasteiger partial charge in [0.15, 0.2) is 5.82 Å². The number of aryl methyl sites for hydroxylation is 1. The second-order valence-corrected chi connectivity index (χ2v) is 8.54. The molecular weight excluding hydrogens is 458 g/mol. The number of morpholine rings is 1. The Hall–Kier alpha value is -4.57. The molecule has 0 unspecified atom stereocenters. The normalized spacial score (nSPS) is 13.8. The highest BCUT2D eigenvalue weighted by Gasteiger charge is 2.19. The predicted octanol–water partition coefficient (Wildman–Crippen LogP) is 4.07. The van der Waals surface area contributed by atoms with Crippen LogP contribution in [0.15, 0.2) is 65.7 Å². The molecular formula is C26H23N7O3. The summed E-state index contributed by atoms with van der Waals surface area (Å²) in [6.07, 6.45) is 2.95. The summed E-state index contributed by atoms with van der Waals surface area (Å²) < 4.78 is 10.8. The van der Waals surface area contributed by atoms with Gasteiger partial charge in [-0.1, -0.05) is 12.1 Å². The maximum atomic E-state index is 13.0. The SMILES string of the molecule is Cc1ccc(NC(=O)c2cccc(-c3nnco3)c2)cc1-c1cc2[nH]cnc2c(N2CCOCC2)n1. The third-order valence-corrected chi connectivity index (χ3v) is 6.20. The smallest absolute Gasteiger partial charge is 0.255 e. The molecule has 0 saturated carbocycles. The van der Waals surface area contributed by atoms with Crippen LogP contribution in [0, 0.1) is 6.92 Å². The number of aromatic amines is 1. The molecule has 5 aromatic rings. The molecule has 0 bridgehead atoms. The Balaban J connectivity index is 1.32. The van der Waals surface area contributed by atoms with E-state index in [-0.39, 0.29) is 5.91 Å². The quantitative estimate of drug-likeness (QED) is 0.385. The fourth-order valence-corrected chi connectivity index (χ4v) is 4.33. The van der Waals surface area contributed by atoms with E-state index in [4.69, 9.17) is 14.1 Å². The van der Waals surface area contributed by atoms with Crippen molar-refractivity contribution in [1.82, 2.24) is 25.1 Å².